The molecule has 0 bridgehead atoms. The Hall–Kier alpha value is -0.625. The molecule has 5 heteroatoms. The van der Waals surface area contributed by atoms with Gasteiger partial charge in [-0.3, -0.25) is 4.98 Å². The molecule has 0 N–H and O–H groups in total. The lowest BCUT2D eigenvalue weighted by molar-refractivity contribution is 0.577. The highest BCUT2D eigenvalue weighted by atomic mass is 31.2. The van der Waals surface area contributed by atoms with Gasteiger partial charge in [-0.25, -0.2) is 4.39 Å². The van der Waals surface area contributed by atoms with Crippen molar-refractivity contribution in [3.05, 3.63) is 18.1 Å². The van der Waals surface area contributed by atoms with Gasteiger partial charge in [0.1, 0.15) is 20.4 Å². The molecule has 0 aliphatic carbocycles. The molecule has 0 aromatic carbocycles. The summed E-state index contributed by atoms with van der Waals surface area (Å²) in [5, 5.41) is 0. The molecule has 0 unspecified atom stereocenters. The summed E-state index contributed by atoms with van der Waals surface area (Å²) in [6.07, 6.45) is 2.20. The van der Waals surface area contributed by atoms with Crippen molar-refractivity contribution in [1.29, 1.82) is 0 Å². The zero-order chi connectivity index (χ0) is 10.8. The van der Waals surface area contributed by atoms with Gasteiger partial charge < -0.3 is 4.57 Å². The Morgan fingerprint density at radius 1 is 1.50 bits per heavy atom. The molecule has 0 spiro atoms. The van der Waals surface area contributed by atoms with Crippen LogP contribution in [0.25, 0.3) is 0 Å². The van der Waals surface area contributed by atoms with Crippen molar-refractivity contribution in [1.82, 2.24) is 4.98 Å². The van der Waals surface area contributed by atoms with Crippen LogP contribution in [0, 0.1) is 5.82 Å². The number of halogens is 1. The largest absolute Gasteiger partial charge is 0.317 e. The third-order valence-corrected chi connectivity index (χ3v) is 5.39. The Bertz CT molecular complexity index is 375. The lowest BCUT2D eigenvalue weighted by Gasteiger charge is -2.14. The number of aromatic nitrogens is 1. The maximum absolute atomic E-state index is 13.4. The molecule has 0 saturated heterocycles. The molecule has 0 aliphatic rings. The van der Waals surface area contributed by atoms with Crippen molar-refractivity contribution >= 4 is 25.9 Å². The highest BCUT2D eigenvalue weighted by molar-refractivity contribution is 7.71. The standard InChI is InChI=1S/C9H12BFNOP/c1-3-14(13,4-2)9-8(11)5-7(10)6-12-9/h5-6H,3-4H2,1-2H3. The van der Waals surface area contributed by atoms with Crippen molar-refractivity contribution < 1.29 is 8.96 Å². The smallest absolute Gasteiger partial charge is 0.151 e. The van der Waals surface area contributed by atoms with E-state index >= 15 is 0 Å². The number of hydrogen-bond acceptors (Lipinski definition) is 2. The molecule has 1 rings (SSSR count). The third-order valence-electron chi connectivity index (χ3n) is 2.25. The van der Waals surface area contributed by atoms with Crippen LogP contribution >= 0.6 is 7.14 Å². The zero-order valence-electron chi connectivity index (χ0n) is 8.33. The Kier molecular flexibility index (Phi) is 3.49. The number of nitrogens with zero attached hydrogens (tertiary/aromatic N) is 1. The molecule has 0 saturated carbocycles. The Morgan fingerprint density at radius 2 is 2.07 bits per heavy atom. The van der Waals surface area contributed by atoms with Crippen LogP contribution in [0.5, 0.6) is 0 Å². The summed E-state index contributed by atoms with van der Waals surface area (Å²) in [6.45, 7) is 3.56. The quantitative estimate of drug-likeness (QED) is 0.552. The molecule has 1 aromatic heterocycles. The summed E-state index contributed by atoms with van der Waals surface area (Å²) in [5.74, 6) is -0.558. The van der Waals surface area contributed by atoms with Gasteiger partial charge in [-0.15, -0.1) is 0 Å². The molecule has 0 amide bonds. The van der Waals surface area contributed by atoms with Crippen molar-refractivity contribution in [2.45, 2.75) is 13.8 Å². The highest BCUT2D eigenvalue weighted by Crippen LogP contribution is 2.42. The van der Waals surface area contributed by atoms with E-state index in [1.165, 1.54) is 12.3 Å². The Balaban J connectivity index is 3.25. The summed E-state index contributed by atoms with van der Waals surface area (Å²) < 4.78 is 25.5. The van der Waals surface area contributed by atoms with Crippen LogP contribution in [-0.2, 0) is 4.57 Å². The first kappa shape index (κ1) is 11.4. The second-order valence-corrected chi connectivity index (χ2v) is 6.56. The second kappa shape index (κ2) is 4.27. The molecule has 74 valence electrons. The summed E-state index contributed by atoms with van der Waals surface area (Å²) in [7, 11) is 2.73. The Labute approximate surface area is 84.7 Å². The van der Waals surface area contributed by atoms with Gasteiger partial charge in [-0.1, -0.05) is 19.3 Å². The van der Waals surface area contributed by atoms with Crippen LogP contribution < -0.4 is 10.9 Å². The van der Waals surface area contributed by atoms with E-state index in [0.29, 0.717) is 12.3 Å². The van der Waals surface area contributed by atoms with Gasteiger partial charge in [0.15, 0.2) is 5.82 Å². The monoisotopic (exact) mass is 211 g/mol. The molecule has 1 heterocycles. The van der Waals surface area contributed by atoms with Gasteiger partial charge in [-0.2, -0.15) is 0 Å². The van der Waals surface area contributed by atoms with Gasteiger partial charge in [0.25, 0.3) is 0 Å². The fourth-order valence-electron chi connectivity index (χ4n) is 1.27. The molecule has 0 fully saturated rings. The fourth-order valence-corrected chi connectivity index (χ4v) is 3.04. The van der Waals surface area contributed by atoms with Crippen LogP contribution in [-0.4, -0.2) is 25.2 Å². The van der Waals surface area contributed by atoms with Gasteiger partial charge >= 0.3 is 0 Å². The van der Waals surface area contributed by atoms with Crippen LogP contribution in [0.4, 0.5) is 4.39 Å². The molecule has 2 nitrogen and oxygen atoms in total. The fraction of sp³-hybridized carbons (Fsp3) is 0.444. The SMILES string of the molecule is [B]c1cnc(P(=O)(CC)CC)c(F)c1. The topological polar surface area (TPSA) is 30.0 Å². The number of pyridine rings is 1. The molecule has 1 aromatic rings. The first-order chi connectivity index (χ1) is 6.53. The molecular weight excluding hydrogens is 199 g/mol. The van der Waals surface area contributed by atoms with Crippen LogP contribution in [0.3, 0.4) is 0 Å². The summed E-state index contributed by atoms with van der Waals surface area (Å²) >= 11 is 0. The summed E-state index contributed by atoms with van der Waals surface area (Å²) in [5.41, 5.74) is 0.335. The highest BCUT2D eigenvalue weighted by Gasteiger charge is 2.25. The average molecular weight is 211 g/mol. The minimum atomic E-state index is -2.63. The van der Waals surface area contributed by atoms with Gasteiger partial charge in [0.05, 0.1) is 0 Å². The molecular formula is C9H12BFNOP. The molecule has 0 aliphatic heterocycles. The summed E-state index contributed by atoms with van der Waals surface area (Å²) in [6, 6.07) is 1.17. The zero-order valence-corrected chi connectivity index (χ0v) is 9.22. The normalized spacial score (nSPS) is 11.6. The summed E-state index contributed by atoms with van der Waals surface area (Å²) in [4.78, 5) is 3.83. The predicted molar refractivity (Wildman–Crippen MR) is 57.9 cm³/mol. The number of hydrogen-bond donors (Lipinski definition) is 0. The van der Waals surface area contributed by atoms with Crippen LogP contribution in [0.15, 0.2) is 12.3 Å². The van der Waals surface area contributed by atoms with E-state index in [0.717, 1.165) is 0 Å². The van der Waals surface area contributed by atoms with Gasteiger partial charge in [-0.05, 0) is 6.07 Å². The first-order valence-corrected chi connectivity index (χ1v) is 6.61. The van der Waals surface area contributed by atoms with E-state index in [9.17, 15) is 8.96 Å². The minimum Gasteiger partial charge on any atom is -0.317 e. The predicted octanol–water partition coefficient (Wildman–Crippen LogP) is 1.04. The maximum atomic E-state index is 13.4. The van der Waals surface area contributed by atoms with Crippen LogP contribution in [0.2, 0.25) is 0 Å². The average Bonchev–Trinajstić information content (AvgIpc) is 2.17. The minimum absolute atomic E-state index is 0.0803. The van der Waals surface area contributed by atoms with Gasteiger partial charge in [0.2, 0.25) is 0 Å². The van der Waals surface area contributed by atoms with E-state index in [2.05, 4.69) is 4.98 Å². The van der Waals surface area contributed by atoms with E-state index < -0.39 is 13.0 Å². The molecule has 2 radical (unpaired) electrons. The molecule has 14 heavy (non-hydrogen) atoms. The Morgan fingerprint density at radius 3 is 2.50 bits per heavy atom. The van der Waals surface area contributed by atoms with Crippen molar-refractivity contribution in [2.24, 2.45) is 0 Å². The van der Waals surface area contributed by atoms with E-state index in [1.807, 2.05) is 0 Å². The lowest BCUT2D eigenvalue weighted by atomic mass is 9.99. The molecule has 0 atom stereocenters. The first-order valence-electron chi connectivity index (χ1n) is 4.53. The van der Waals surface area contributed by atoms with Crippen LogP contribution in [0.1, 0.15) is 13.8 Å². The van der Waals surface area contributed by atoms with Crippen molar-refractivity contribution in [2.75, 3.05) is 12.3 Å². The van der Waals surface area contributed by atoms with E-state index in [4.69, 9.17) is 7.85 Å². The maximum Gasteiger partial charge on any atom is 0.151 e. The van der Waals surface area contributed by atoms with E-state index in [-0.39, 0.29) is 10.9 Å². The van der Waals surface area contributed by atoms with Crippen molar-refractivity contribution in [3.8, 4) is 0 Å². The van der Waals surface area contributed by atoms with Gasteiger partial charge in [0, 0.05) is 18.5 Å². The number of rotatable bonds is 3. The third kappa shape index (κ3) is 2.06. The van der Waals surface area contributed by atoms with Crippen molar-refractivity contribution in [3.63, 3.8) is 0 Å². The lowest BCUT2D eigenvalue weighted by Crippen LogP contribution is -2.21. The van der Waals surface area contributed by atoms with E-state index in [1.54, 1.807) is 13.8 Å². The second-order valence-electron chi connectivity index (χ2n) is 3.10.